The molecule has 0 aliphatic carbocycles. The van der Waals surface area contributed by atoms with Crippen LogP contribution in [-0.4, -0.2) is 30.0 Å². The Kier molecular flexibility index (Phi) is 7.99. The van der Waals surface area contributed by atoms with Gasteiger partial charge in [-0.3, -0.25) is 4.79 Å². The minimum atomic E-state index is 0.0181. The van der Waals surface area contributed by atoms with Crippen molar-refractivity contribution in [3.05, 3.63) is 0 Å². The Labute approximate surface area is 91.2 Å². The van der Waals surface area contributed by atoms with Gasteiger partial charge in [0.25, 0.3) is 0 Å². The van der Waals surface area contributed by atoms with E-state index in [4.69, 9.17) is 5.73 Å². The topological polar surface area (TPSA) is 55.1 Å². The molecular formula is C10H22N2OS. The highest BCUT2D eigenvalue weighted by Crippen LogP contribution is 2.03. The average molecular weight is 218 g/mol. The van der Waals surface area contributed by atoms with Gasteiger partial charge in [-0.2, -0.15) is 11.8 Å². The number of amides is 1. The quantitative estimate of drug-likeness (QED) is 0.678. The summed E-state index contributed by atoms with van der Waals surface area (Å²) >= 11 is 1.75. The second-order valence-electron chi connectivity index (χ2n) is 3.60. The number of hydrogen-bond donors (Lipinski definition) is 2. The number of carbonyl (C=O) groups is 1. The minimum absolute atomic E-state index is 0.0181. The second-order valence-corrected chi connectivity index (χ2v) is 4.88. The number of nitrogens with one attached hydrogen (secondary N) is 1. The van der Waals surface area contributed by atoms with Crippen LogP contribution in [0.4, 0.5) is 0 Å². The molecule has 0 bridgehead atoms. The first-order valence-electron chi connectivity index (χ1n) is 5.15. The molecule has 0 aromatic rings. The lowest BCUT2D eigenvalue weighted by Gasteiger charge is -2.12. The molecule has 3 nitrogen and oxygen atoms in total. The largest absolute Gasteiger partial charge is 0.355 e. The zero-order valence-corrected chi connectivity index (χ0v) is 10.2. The van der Waals surface area contributed by atoms with Gasteiger partial charge < -0.3 is 11.1 Å². The van der Waals surface area contributed by atoms with E-state index in [2.05, 4.69) is 19.2 Å². The van der Waals surface area contributed by atoms with Gasteiger partial charge in [0.2, 0.25) is 5.91 Å². The first-order valence-corrected chi connectivity index (χ1v) is 6.44. The summed E-state index contributed by atoms with van der Waals surface area (Å²) in [6.45, 7) is 4.91. The van der Waals surface area contributed by atoms with Gasteiger partial charge in [-0.1, -0.05) is 20.3 Å². The number of hydrogen-bond acceptors (Lipinski definition) is 3. The van der Waals surface area contributed by atoms with E-state index < -0.39 is 0 Å². The molecule has 2 unspecified atom stereocenters. The van der Waals surface area contributed by atoms with Gasteiger partial charge in [0.05, 0.1) is 0 Å². The van der Waals surface area contributed by atoms with E-state index in [0.29, 0.717) is 11.7 Å². The van der Waals surface area contributed by atoms with E-state index in [1.807, 2.05) is 6.26 Å². The van der Waals surface area contributed by atoms with Crippen molar-refractivity contribution in [3.63, 3.8) is 0 Å². The highest BCUT2D eigenvalue weighted by Gasteiger charge is 2.09. The predicted octanol–water partition coefficient (Wildman–Crippen LogP) is 1.37. The van der Waals surface area contributed by atoms with Crippen LogP contribution in [0.15, 0.2) is 0 Å². The SMILES string of the molecule is CCCC(N)CC(=O)NCC(C)SC. The highest BCUT2D eigenvalue weighted by molar-refractivity contribution is 7.99. The Balaban J connectivity index is 3.54. The van der Waals surface area contributed by atoms with Gasteiger partial charge in [0.15, 0.2) is 0 Å². The second kappa shape index (κ2) is 8.12. The van der Waals surface area contributed by atoms with E-state index in [1.54, 1.807) is 11.8 Å². The summed E-state index contributed by atoms with van der Waals surface area (Å²) in [5.74, 6) is 0.0758. The van der Waals surface area contributed by atoms with Crippen molar-refractivity contribution in [2.75, 3.05) is 12.8 Å². The Morgan fingerprint density at radius 3 is 2.71 bits per heavy atom. The predicted molar refractivity (Wildman–Crippen MR) is 63.5 cm³/mol. The zero-order chi connectivity index (χ0) is 11.0. The summed E-state index contributed by atoms with van der Waals surface area (Å²) in [7, 11) is 0. The van der Waals surface area contributed by atoms with Gasteiger partial charge >= 0.3 is 0 Å². The monoisotopic (exact) mass is 218 g/mol. The van der Waals surface area contributed by atoms with Crippen LogP contribution in [0.25, 0.3) is 0 Å². The van der Waals surface area contributed by atoms with Gasteiger partial charge in [-0.05, 0) is 12.7 Å². The van der Waals surface area contributed by atoms with Crippen molar-refractivity contribution in [2.24, 2.45) is 5.73 Å². The Bertz CT molecular complexity index is 164. The van der Waals surface area contributed by atoms with Crippen molar-refractivity contribution in [2.45, 2.75) is 44.4 Å². The normalized spacial score (nSPS) is 14.9. The highest BCUT2D eigenvalue weighted by atomic mass is 32.2. The van der Waals surface area contributed by atoms with Gasteiger partial charge in [-0.25, -0.2) is 0 Å². The summed E-state index contributed by atoms with van der Waals surface area (Å²) in [6.07, 6.45) is 4.45. The van der Waals surface area contributed by atoms with Crippen LogP contribution >= 0.6 is 11.8 Å². The molecule has 0 saturated heterocycles. The molecule has 0 spiro atoms. The molecule has 0 aromatic carbocycles. The van der Waals surface area contributed by atoms with E-state index in [1.165, 1.54) is 0 Å². The molecular weight excluding hydrogens is 196 g/mol. The molecule has 3 N–H and O–H groups in total. The van der Waals surface area contributed by atoms with E-state index >= 15 is 0 Å². The first-order chi connectivity index (χ1) is 6.60. The molecule has 2 atom stereocenters. The molecule has 0 fully saturated rings. The maximum Gasteiger partial charge on any atom is 0.221 e. The molecule has 0 rings (SSSR count). The lowest BCUT2D eigenvalue weighted by molar-refractivity contribution is -0.121. The van der Waals surface area contributed by atoms with Crippen molar-refractivity contribution < 1.29 is 4.79 Å². The third-order valence-electron chi connectivity index (χ3n) is 2.10. The van der Waals surface area contributed by atoms with Crippen molar-refractivity contribution in [3.8, 4) is 0 Å². The summed E-state index contributed by atoms with van der Waals surface area (Å²) in [5, 5.41) is 3.36. The minimum Gasteiger partial charge on any atom is -0.355 e. The van der Waals surface area contributed by atoms with E-state index in [-0.39, 0.29) is 11.9 Å². The Morgan fingerprint density at radius 2 is 2.21 bits per heavy atom. The van der Waals surface area contributed by atoms with E-state index in [0.717, 1.165) is 19.4 Å². The summed E-state index contributed by atoms with van der Waals surface area (Å²) in [4.78, 5) is 11.3. The Hall–Kier alpha value is -0.220. The molecule has 0 saturated carbocycles. The lowest BCUT2D eigenvalue weighted by Crippen LogP contribution is -2.34. The van der Waals surface area contributed by atoms with Crippen LogP contribution in [0.2, 0.25) is 0 Å². The van der Waals surface area contributed by atoms with Crippen molar-refractivity contribution >= 4 is 17.7 Å². The summed E-state index contributed by atoms with van der Waals surface area (Å²) in [6, 6.07) is 0.0181. The standard InChI is InChI=1S/C10H22N2OS/c1-4-5-9(11)6-10(13)12-7-8(2)14-3/h8-9H,4-7,11H2,1-3H3,(H,12,13). The smallest absolute Gasteiger partial charge is 0.221 e. The average Bonchev–Trinajstić information content (AvgIpc) is 2.14. The molecule has 1 amide bonds. The zero-order valence-electron chi connectivity index (χ0n) is 9.38. The molecule has 0 aliphatic rings. The fourth-order valence-corrected chi connectivity index (χ4v) is 1.37. The maximum atomic E-state index is 11.3. The molecule has 0 radical (unpaired) electrons. The molecule has 0 aliphatic heterocycles. The molecule has 84 valence electrons. The molecule has 0 heterocycles. The van der Waals surface area contributed by atoms with Gasteiger partial charge in [-0.15, -0.1) is 0 Å². The summed E-state index contributed by atoms with van der Waals surface area (Å²) < 4.78 is 0. The number of carbonyl (C=O) groups excluding carboxylic acids is 1. The molecule has 4 heteroatoms. The number of nitrogens with two attached hydrogens (primary N) is 1. The van der Waals surface area contributed by atoms with Gasteiger partial charge in [0.1, 0.15) is 0 Å². The fraction of sp³-hybridized carbons (Fsp3) is 0.900. The first kappa shape index (κ1) is 13.8. The lowest BCUT2D eigenvalue weighted by atomic mass is 10.1. The van der Waals surface area contributed by atoms with Crippen LogP contribution in [0.1, 0.15) is 33.1 Å². The van der Waals surface area contributed by atoms with Gasteiger partial charge in [0, 0.05) is 24.3 Å². The van der Waals surface area contributed by atoms with Crippen LogP contribution in [0.3, 0.4) is 0 Å². The number of thioether (sulfide) groups is 1. The molecule has 14 heavy (non-hydrogen) atoms. The summed E-state index contributed by atoms with van der Waals surface area (Å²) in [5.41, 5.74) is 5.76. The van der Waals surface area contributed by atoms with Crippen LogP contribution < -0.4 is 11.1 Å². The molecule has 0 aromatic heterocycles. The van der Waals surface area contributed by atoms with Crippen molar-refractivity contribution in [1.29, 1.82) is 0 Å². The number of rotatable bonds is 7. The van der Waals surface area contributed by atoms with Crippen LogP contribution in [0, 0.1) is 0 Å². The van der Waals surface area contributed by atoms with Crippen LogP contribution in [0.5, 0.6) is 0 Å². The fourth-order valence-electron chi connectivity index (χ4n) is 1.12. The van der Waals surface area contributed by atoms with E-state index in [9.17, 15) is 4.79 Å². The Morgan fingerprint density at radius 1 is 1.57 bits per heavy atom. The third-order valence-corrected chi connectivity index (χ3v) is 3.07. The maximum absolute atomic E-state index is 11.3. The van der Waals surface area contributed by atoms with Crippen molar-refractivity contribution in [1.82, 2.24) is 5.32 Å². The third kappa shape index (κ3) is 7.21. The van der Waals surface area contributed by atoms with Crippen LogP contribution in [-0.2, 0) is 4.79 Å².